The van der Waals surface area contributed by atoms with E-state index in [1.54, 1.807) is 27.7 Å². The number of benzene rings is 3. The fourth-order valence-electron chi connectivity index (χ4n) is 8.60. The maximum Gasteiger partial charge on any atom is 0.418 e. The second-order valence-electron chi connectivity index (χ2n) is 16.8. The maximum atomic E-state index is 14.7. The van der Waals surface area contributed by atoms with Gasteiger partial charge in [-0.25, -0.2) is 19.6 Å². The fourth-order valence-corrected chi connectivity index (χ4v) is 8.60. The van der Waals surface area contributed by atoms with Crippen LogP contribution < -0.4 is 10.6 Å². The number of alkyl halides is 6. The van der Waals surface area contributed by atoms with E-state index in [1.165, 1.54) is 60.4 Å². The van der Waals surface area contributed by atoms with E-state index >= 15 is 0 Å². The minimum absolute atomic E-state index is 0.0635. The Morgan fingerprint density at radius 1 is 0.625 bits per heavy atom. The third kappa shape index (κ3) is 9.04. The van der Waals surface area contributed by atoms with Gasteiger partial charge in [-0.2, -0.15) is 26.3 Å². The lowest BCUT2D eigenvalue weighted by Crippen LogP contribution is -2.51. The quantitative estimate of drug-likeness (QED) is 0.101. The van der Waals surface area contributed by atoms with Crippen LogP contribution in [-0.2, 0) is 31.4 Å². The van der Waals surface area contributed by atoms with Crippen molar-refractivity contribution in [1.29, 1.82) is 0 Å². The number of rotatable bonds is 10. The summed E-state index contributed by atoms with van der Waals surface area (Å²) in [4.78, 5) is 69.1. The van der Waals surface area contributed by atoms with E-state index in [1.807, 2.05) is 0 Å². The van der Waals surface area contributed by atoms with Gasteiger partial charge in [0.15, 0.2) is 0 Å². The number of H-pyrrole nitrogens is 2. The molecule has 342 valence electrons. The van der Waals surface area contributed by atoms with Crippen molar-refractivity contribution in [3.63, 3.8) is 0 Å². The molecule has 2 aliphatic rings. The minimum atomic E-state index is -4.83. The molecule has 4 heterocycles. The van der Waals surface area contributed by atoms with E-state index in [9.17, 15) is 45.5 Å². The number of carbonyl (C=O) groups is 4. The summed E-state index contributed by atoms with van der Waals surface area (Å²) in [5.74, 6) is -1.19. The average Bonchev–Trinajstić information content (AvgIpc) is 4.08. The Morgan fingerprint density at radius 2 is 0.984 bits per heavy atom. The molecule has 14 nitrogen and oxygen atoms in total. The number of carbonyl (C=O) groups excluding carboxylic acids is 4. The number of alkyl carbamates (subject to hydrolysis) is 2. The third-order valence-electron chi connectivity index (χ3n) is 11.9. The number of aromatic amines is 2. The number of hydrogen-bond donors (Lipinski definition) is 4. The molecule has 5 aromatic rings. The summed E-state index contributed by atoms with van der Waals surface area (Å²) in [7, 11) is 2.34. The molecule has 2 saturated heterocycles. The molecular formula is C44H48F6N8O6. The SMILES string of the molecule is COC(=O)N[C@H](C(=O)N1CCC[C@H]1c1nc2c(C(F)(F)F)cc(-c3ccc(-c4cc(C(F)(F)F)c5nc([C@@H]6CCCN6C(=O)[C@@H](NC(=O)OC)C(C)C)[nH]c5c4)cc3)cc2[nH]1)C(C)C. The van der Waals surface area contributed by atoms with E-state index in [-0.39, 0.29) is 56.7 Å². The number of aromatic nitrogens is 4. The number of halogens is 6. The zero-order valence-electron chi connectivity index (χ0n) is 35.8. The van der Waals surface area contributed by atoms with Crippen LogP contribution in [-0.4, -0.2) is 93.1 Å². The topological polar surface area (TPSA) is 175 Å². The van der Waals surface area contributed by atoms with E-state index in [4.69, 9.17) is 0 Å². The number of likely N-dealkylation sites (tertiary alicyclic amines) is 2. The number of fused-ring (bicyclic) bond motifs is 2. The van der Waals surface area contributed by atoms with E-state index in [0.29, 0.717) is 49.9 Å². The van der Waals surface area contributed by atoms with E-state index in [2.05, 4.69) is 40.0 Å². The zero-order valence-corrected chi connectivity index (χ0v) is 35.8. The molecule has 0 unspecified atom stereocenters. The summed E-state index contributed by atoms with van der Waals surface area (Å²) in [6, 6.07) is 7.68. The summed E-state index contributed by atoms with van der Waals surface area (Å²) < 4.78 is 97.4. The number of imidazole rings is 2. The van der Waals surface area contributed by atoms with Crippen LogP contribution in [0.4, 0.5) is 35.9 Å². The summed E-state index contributed by atoms with van der Waals surface area (Å²) in [6.07, 6.45) is -9.31. The van der Waals surface area contributed by atoms with E-state index in [0.717, 1.165) is 12.1 Å². The fraction of sp³-hybridized carbons (Fsp3) is 0.455. The second kappa shape index (κ2) is 17.7. The lowest BCUT2D eigenvalue weighted by molar-refractivity contribution is -0.137. The zero-order chi connectivity index (χ0) is 46.4. The Morgan fingerprint density at radius 3 is 1.30 bits per heavy atom. The van der Waals surface area contributed by atoms with Crippen LogP contribution in [0.25, 0.3) is 44.3 Å². The average molecular weight is 899 g/mol. The molecule has 2 fully saturated rings. The molecule has 2 aliphatic heterocycles. The van der Waals surface area contributed by atoms with Crippen molar-refractivity contribution < 1.29 is 55.0 Å². The van der Waals surface area contributed by atoms with Gasteiger partial charge in [0.05, 0.1) is 48.5 Å². The van der Waals surface area contributed by atoms with Gasteiger partial charge >= 0.3 is 24.5 Å². The van der Waals surface area contributed by atoms with Gasteiger partial charge in [0, 0.05) is 13.1 Å². The summed E-state index contributed by atoms with van der Waals surface area (Å²) in [5.41, 5.74) is -1.61. The summed E-state index contributed by atoms with van der Waals surface area (Å²) >= 11 is 0. The minimum Gasteiger partial charge on any atom is -0.453 e. The van der Waals surface area contributed by atoms with Crippen LogP contribution in [0.15, 0.2) is 48.5 Å². The molecule has 7 rings (SSSR count). The van der Waals surface area contributed by atoms with Gasteiger partial charge < -0.3 is 39.9 Å². The highest BCUT2D eigenvalue weighted by Crippen LogP contribution is 2.42. The number of ether oxygens (including phenoxy) is 2. The summed E-state index contributed by atoms with van der Waals surface area (Å²) in [6.45, 7) is 7.58. The van der Waals surface area contributed by atoms with Crippen LogP contribution in [0.3, 0.4) is 0 Å². The highest BCUT2D eigenvalue weighted by Gasteiger charge is 2.41. The Balaban J connectivity index is 1.20. The van der Waals surface area contributed by atoms with Crippen molar-refractivity contribution in [3.8, 4) is 22.3 Å². The van der Waals surface area contributed by atoms with Crippen LogP contribution >= 0.6 is 0 Å². The Labute approximate surface area is 363 Å². The first-order chi connectivity index (χ1) is 30.2. The number of nitrogens with zero attached hydrogens (tertiary/aromatic N) is 4. The van der Waals surface area contributed by atoms with Gasteiger partial charge in [0.1, 0.15) is 34.8 Å². The Kier molecular flexibility index (Phi) is 12.6. The highest BCUT2D eigenvalue weighted by molar-refractivity contribution is 5.90. The molecule has 0 aliphatic carbocycles. The normalized spacial score (nSPS) is 18.0. The predicted octanol–water partition coefficient (Wildman–Crippen LogP) is 8.90. The first-order valence-corrected chi connectivity index (χ1v) is 20.8. The molecule has 3 aromatic carbocycles. The monoisotopic (exact) mass is 898 g/mol. The van der Waals surface area contributed by atoms with Crippen LogP contribution in [0, 0.1) is 11.8 Å². The summed E-state index contributed by atoms with van der Waals surface area (Å²) in [5, 5.41) is 5.09. The van der Waals surface area contributed by atoms with Gasteiger partial charge in [0.25, 0.3) is 0 Å². The van der Waals surface area contributed by atoms with Crippen molar-refractivity contribution in [3.05, 3.63) is 71.3 Å². The van der Waals surface area contributed by atoms with Crippen molar-refractivity contribution >= 4 is 46.1 Å². The first-order valence-electron chi connectivity index (χ1n) is 20.8. The largest absolute Gasteiger partial charge is 0.453 e. The molecule has 4 amide bonds. The van der Waals surface area contributed by atoms with Gasteiger partial charge in [-0.1, -0.05) is 52.0 Å². The van der Waals surface area contributed by atoms with Crippen molar-refractivity contribution in [2.75, 3.05) is 27.3 Å². The molecule has 0 radical (unpaired) electrons. The lowest BCUT2D eigenvalue weighted by atomic mass is 9.97. The van der Waals surface area contributed by atoms with Crippen molar-refractivity contribution in [2.24, 2.45) is 11.8 Å². The first kappa shape index (κ1) is 45.7. The maximum absolute atomic E-state index is 14.7. The van der Waals surface area contributed by atoms with Crippen LogP contribution in [0.1, 0.15) is 88.2 Å². The molecule has 0 bridgehead atoms. The van der Waals surface area contributed by atoms with Gasteiger partial charge in [-0.05, 0) is 84.0 Å². The molecule has 20 heteroatoms. The number of amides is 4. The Bertz CT molecular complexity index is 2390. The molecule has 2 aromatic heterocycles. The predicted molar refractivity (Wildman–Crippen MR) is 222 cm³/mol. The molecule has 64 heavy (non-hydrogen) atoms. The highest BCUT2D eigenvalue weighted by atomic mass is 19.4. The van der Waals surface area contributed by atoms with Gasteiger partial charge in [-0.15, -0.1) is 0 Å². The van der Waals surface area contributed by atoms with E-state index < -0.39 is 71.6 Å². The molecule has 0 spiro atoms. The third-order valence-corrected chi connectivity index (χ3v) is 11.9. The molecule has 0 saturated carbocycles. The van der Waals surface area contributed by atoms with Gasteiger partial charge in [-0.3, -0.25) is 9.59 Å². The van der Waals surface area contributed by atoms with Crippen LogP contribution in [0.5, 0.6) is 0 Å². The Hall–Kier alpha value is -6.34. The lowest BCUT2D eigenvalue weighted by Gasteiger charge is -2.29. The number of hydrogen-bond acceptors (Lipinski definition) is 8. The molecule has 4 N–H and O–H groups in total. The standard InChI is InChI=1S/C44H48F6N8O6/c1-21(2)33(55-41(61)63-5)39(59)57-15-7-9-31(57)37-51-29-19-25(17-27(35(29)53-37)43(45,46)47)23-11-13-24(14-12-23)26-18-28(44(48,49)50)36-30(20-26)52-38(54-36)32-10-8-16-58(32)40(60)34(22(3)4)56-42(62)64-6/h11-14,17-22,31-34H,7-10,15-16H2,1-6H3,(H,51,53)(H,52,54)(H,55,61)(H,56,62)/t31-,32-,33-,34-/m0/s1. The smallest absolute Gasteiger partial charge is 0.418 e. The molecular weight excluding hydrogens is 851 g/mol. The van der Waals surface area contributed by atoms with Crippen molar-refractivity contribution in [2.45, 2.75) is 89.9 Å². The number of nitrogens with one attached hydrogen (secondary N) is 4. The second-order valence-corrected chi connectivity index (χ2v) is 16.8. The number of methoxy groups -OCH3 is 2. The van der Waals surface area contributed by atoms with Gasteiger partial charge in [0.2, 0.25) is 11.8 Å². The van der Waals surface area contributed by atoms with Crippen LogP contribution in [0.2, 0.25) is 0 Å². The molecule has 4 atom stereocenters. The van der Waals surface area contributed by atoms with Crippen molar-refractivity contribution in [1.82, 2.24) is 40.4 Å².